The third-order valence-corrected chi connectivity index (χ3v) is 5.68. The summed E-state index contributed by atoms with van der Waals surface area (Å²) in [6, 6.07) is 2.77. The monoisotopic (exact) mass is 340 g/mol. The Balaban J connectivity index is 1.33. The second-order valence-corrected chi connectivity index (χ2v) is 7.55. The lowest BCUT2D eigenvalue weighted by Gasteiger charge is -2.26. The Kier molecular flexibility index (Phi) is 3.35. The van der Waals surface area contributed by atoms with E-state index in [-0.39, 0.29) is 0 Å². The average molecular weight is 340 g/mol. The van der Waals surface area contributed by atoms with Crippen LogP contribution in [0, 0.1) is 6.92 Å². The van der Waals surface area contributed by atoms with Crippen molar-refractivity contribution < 1.29 is 4.42 Å². The summed E-state index contributed by atoms with van der Waals surface area (Å²) in [5.74, 6) is 1.66. The molecule has 0 atom stereocenters. The first kappa shape index (κ1) is 14.4. The molecule has 0 aromatic carbocycles. The van der Waals surface area contributed by atoms with Gasteiger partial charge in [-0.2, -0.15) is 11.3 Å². The van der Waals surface area contributed by atoms with Crippen molar-refractivity contribution in [2.45, 2.75) is 45.3 Å². The fourth-order valence-electron chi connectivity index (χ4n) is 3.48. The van der Waals surface area contributed by atoms with E-state index in [9.17, 15) is 0 Å². The molecule has 0 bridgehead atoms. The molecule has 124 valence electrons. The molecule has 5 rings (SSSR count). The lowest BCUT2D eigenvalue weighted by Crippen LogP contribution is -2.31. The van der Waals surface area contributed by atoms with E-state index in [0.717, 1.165) is 55.0 Å². The predicted octanol–water partition coefficient (Wildman–Crippen LogP) is 3.80. The van der Waals surface area contributed by atoms with Crippen molar-refractivity contribution in [2.24, 2.45) is 0 Å². The molecule has 4 heterocycles. The minimum absolute atomic E-state index is 0.721. The molecule has 3 aromatic rings. The number of oxazole rings is 1. The number of hydrogen-bond donors (Lipinski definition) is 0. The molecule has 0 amide bonds. The van der Waals surface area contributed by atoms with Crippen LogP contribution >= 0.6 is 11.3 Å². The van der Waals surface area contributed by atoms with Gasteiger partial charge in [0.05, 0.1) is 17.7 Å². The van der Waals surface area contributed by atoms with Crippen molar-refractivity contribution >= 4 is 11.3 Å². The van der Waals surface area contributed by atoms with Crippen LogP contribution in [-0.4, -0.2) is 26.0 Å². The van der Waals surface area contributed by atoms with Gasteiger partial charge in [0, 0.05) is 48.7 Å². The smallest absolute Gasteiger partial charge is 0.227 e. The van der Waals surface area contributed by atoms with Crippen molar-refractivity contribution in [1.29, 1.82) is 0 Å². The van der Waals surface area contributed by atoms with Gasteiger partial charge in [-0.15, -0.1) is 0 Å². The summed E-state index contributed by atoms with van der Waals surface area (Å²) in [5, 5.41) is 4.13. The highest BCUT2D eigenvalue weighted by atomic mass is 32.1. The highest BCUT2D eigenvalue weighted by molar-refractivity contribution is 7.08. The molecule has 1 aliphatic carbocycles. The van der Waals surface area contributed by atoms with Gasteiger partial charge in [-0.25, -0.2) is 9.97 Å². The molecule has 5 nitrogen and oxygen atoms in total. The number of rotatable bonds is 4. The van der Waals surface area contributed by atoms with Crippen molar-refractivity contribution in [3.05, 3.63) is 46.0 Å². The first-order valence-corrected chi connectivity index (χ1v) is 9.48. The summed E-state index contributed by atoms with van der Waals surface area (Å²) in [5.41, 5.74) is 4.80. The number of thiophene rings is 1. The largest absolute Gasteiger partial charge is 0.441 e. The van der Waals surface area contributed by atoms with Gasteiger partial charge in [-0.05, 0) is 31.2 Å². The van der Waals surface area contributed by atoms with Gasteiger partial charge >= 0.3 is 0 Å². The van der Waals surface area contributed by atoms with Crippen LogP contribution in [0.3, 0.4) is 0 Å². The van der Waals surface area contributed by atoms with Crippen LogP contribution in [0.5, 0.6) is 0 Å². The summed E-state index contributed by atoms with van der Waals surface area (Å²) >= 11 is 1.67. The van der Waals surface area contributed by atoms with E-state index in [0.29, 0.717) is 0 Å². The standard InChI is InChI=1S/C18H20N4OS/c1-12-15(20-18(23-12)13-5-7-24-10-13)8-21-6-4-17-16(9-21)19-11-22(17)14-2-3-14/h5,7,10-11,14H,2-4,6,8-9H2,1H3. The maximum atomic E-state index is 5.86. The van der Waals surface area contributed by atoms with E-state index in [1.165, 1.54) is 24.2 Å². The van der Waals surface area contributed by atoms with Crippen molar-refractivity contribution in [1.82, 2.24) is 19.4 Å². The zero-order valence-corrected chi connectivity index (χ0v) is 14.6. The Morgan fingerprint density at radius 3 is 3.08 bits per heavy atom. The van der Waals surface area contributed by atoms with Gasteiger partial charge in [-0.3, -0.25) is 4.90 Å². The Bertz CT molecular complexity index is 860. The van der Waals surface area contributed by atoms with Crippen LogP contribution in [-0.2, 0) is 19.5 Å². The van der Waals surface area contributed by atoms with E-state index in [2.05, 4.69) is 31.3 Å². The highest BCUT2D eigenvalue weighted by Gasteiger charge is 2.29. The SMILES string of the molecule is Cc1oc(-c2ccsc2)nc1CN1CCc2c(ncn2C2CC2)C1. The first-order chi connectivity index (χ1) is 11.8. The van der Waals surface area contributed by atoms with E-state index >= 15 is 0 Å². The van der Waals surface area contributed by atoms with Crippen LogP contribution in [0.4, 0.5) is 0 Å². The normalized spacial score (nSPS) is 18.0. The van der Waals surface area contributed by atoms with E-state index in [4.69, 9.17) is 9.40 Å². The second kappa shape index (κ2) is 5.57. The topological polar surface area (TPSA) is 47.1 Å². The van der Waals surface area contributed by atoms with Crippen LogP contribution in [0.25, 0.3) is 11.5 Å². The number of hydrogen-bond acceptors (Lipinski definition) is 5. The zero-order valence-electron chi connectivity index (χ0n) is 13.7. The number of fused-ring (bicyclic) bond motifs is 1. The summed E-state index contributed by atoms with van der Waals surface area (Å²) in [4.78, 5) is 11.8. The lowest BCUT2D eigenvalue weighted by atomic mass is 10.1. The molecule has 0 spiro atoms. The van der Waals surface area contributed by atoms with Crippen molar-refractivity contribution in [3.63, 3.8) is 0 Å². The Morgan fingerprint density at radius 2 is 2.29 bits per heavy atom. The maximum Gasteiger partial charge on any atom is 0.227 e. The lowest BCUT2D eigenvalue weighted by molar-refractivity contribution is 0.236. The predicted molar refractivity (Wildman–Crippen MR) is 92.9 cm³/mol. The van der Waals surface area contributed by atoms with E-state index in [1.54, 1.807) is 11.3 Å². The molecule has 1 fully saturated rings. The molecule has 6 heteroatoms. The molecule has 1 aliphatic heterocycles. The fourth-order valence-corrected chi connectivity index (χ4v) is 4.11. The number of nitrogens with zero attached hydrogens (tertiary/aromatic N) is 4. The Hall–Kier alpha value is -1.92. The quantitative estimate of drug-likeness (QED) is 0.725. The molecule has 0 N–H and O–H groups in total. The Labute approximate surface area is 145 Å². The van der Waals surface area contributed by atoms with Crippen molar-refractivity contribution in [2.75, 3.05) is 6.54 Å². The number of imidazole rings is 1. The minimum atomic E-state index is 0.721. The summed E-state index contributed by atoms with van der Waals surface area (Å²) in [6.07, 6.45) is 5.76. The molecular weight excluding hydrogens is 320 g/mol. The van der Waals surface area contributed by atoms with E-state index < -0.39 is 0 Å². The average Bonchev–Trinajstić information content (AvgIpc) is 3.00. The van der Waals surface area contributed by atoms with Crippen LogP contribution in [0.15, 0.2) is 27.6 Å². The third kappa shape index (κ3) is 2.50. The molecule has 0 radical (unpaired) electrons. The molecular formula is C18H20N4OS. The van der Waals surface area contributed by atoms with Gasteiger partial charge in [0.1, 0.15) is 5.76 Å². The molecule has 3 aromatic heterocycles. The van der Waals surface area contributed by atoms with Crippen molar-refractivity contribution in [3.8, 4) is 11.5 Å². The molecule has 1 saturated carbocycles. The van der Waals surface area contributed by atoms with E-state index in [1.807, 2.05) is 13.3 Å². The summed E-state index contributed by atoms with van der Waals surface area (Å²) in [6.45, 7) is 4.81. The third-order valence-electron chi connectivity index (χ3n) is 5.00. The molecule has 0 saturated heterocycles. The zero-order chi connectivity index (χ0) is 16.1. The highest BCUT2D eigenvalue weighted by Crippen LogP contribution is 2.37. The van der Waals surface area contributed by atoms with Gasteiger partial charge in [0.2, 0.25) is 5.89 Å². The molecule has 0 unspecified atom stereocenters. The molecule has 2 aliphatic rings. The van der Waals surface area contributed by atoms with Gasteiger partial charge in [-0.1, -0.05) is 0 Å². The van der Waals surface area contributed by atoms with Crippen LogP contribution in [0.1, 0.15) is 41.7 Å². The van der Waals surface area contributed by atoms with Crippen LogP contribution < -0.4 is 0 Å². The fraction of sp³-hybridized carbons (Fsp3) is 0.444. The van der Waals surface area contributed by atoms with Gasteiger partial charge in [0.25, 0.3) is 0 Å². The maximum absolute atomic E-state index is 5.86. The summed E-state index contributed by atoms with van der Waals surface area (Å²) < 4.78 is 8.27. The number of aromatic nitrogens is 3. The van der Waals surface area contributed by atoms with Crippen LogP contribution in [0.2, 0.25) is 0 Å². The minimum Gasteiger partial charge on any atom is -0.441 e. The first-order valence-electron chi connectivity index (χ1n) is 8.54. The van der Waals surface area contributed by atoms with Gasteiger partial charge < -0.3 is 8.98 Å². The second-order valence-electron chi connectivity index (χ2n) is 6.77. The molecule has 24 heavy (non-hydrogen) atoms. The van der Waals surface area contributed by atoms with Gasteiger partial charge in [0.15, 0.2) is 0 Å². The number of aryl methyl sites for hydroxylation is 1. The Morgan fingerprint density at radius 1 is 1.38 bits per heavy atom. The summed E-state index contributed by atoms with van der Waals surface area (Å²) in [7, 11) is 0.